The quantitative estimate of drug-likeness (QED) is 0.174. The molecule has 2 fully saturated rings. The van der Waals surface area contributed by atoms with Crippen molar-refractivity contribution in [1.29, 1.82) is 0 Å². The van der Waals surface area contributed by atoms with Gasteiger partial charge in [-0.05, 0) is 42.9 Å². The molecule has 1 aromatic rings. The predicted octanol–water partition coefficient (Wildman–Crippen LogP) is 2.08. The zero-order valence-electron chi connectivity index (χ0n) is 28.3. The van der Waals surface area contributed by atoms with E-state index in [1.165, 1.54) is 29.6 Å². The second kappa shape index (κ2) is 17.1. The lowest BCUT2D eigenvalue weighted by Gasteiger charge is -2.38. The van der Waals surface area contributed by atoms with Crippen LogP contribution in [0, 0.1) is 17.3 Å². The first-order valence-electron chi connectivity index (χ1n) is 16.7. The van der Waals surface area contributed by atoms with Gasteiger partial charge < -0.3 is 26.2 Å². The average molecular weight is 654 g/mol. The SMILES string of the molecule is C=CCNC(=O)C(=O)C(CCC)NC(=O)[C@@H]1[C@@H](C)CCN1C(=O)[C@@H](NC(=O)[C@@H](NC(=O)c1cnccn1)C1CCCCC1)C(C)(C)C. The van der Waals surface area contributed by atoms with E-state index < -0.39 is 64.9 Å². The van der Waals surface area contributed by atoms with Crippen LogP contribution < -0.4 is 21.3 Å². The Morgan fingerprint density at radius 2 is 1.72 bits per heavy atom. The number of hydrogen-bond donors (Lipinski definition) is 4. The predicted molar refractivity (Wildman–Crippen MR) is 176 cm³/mol. The molecule has 1 aliphatic heterocycles. The van der Waals surface area contributed by atoms with Crippen LogP contribution in [0.5, 0.6) is 0 Å². The summed E-state index contributed by atoms with van der Waals surface area (Å²) in [5.74, 6) is -3.89. The third kappa shape index (κ3) is 9.92. The highest BCUT2D eigenvalue weighted by atomic mass is 16.2. The molecule has 5 amide bonds. The Morgan fingerprint density at radius 3 is 2.32 bits per heavy atom. The van der Waals surface area contributed by atoms with Crippen LogP contribution in [-0.4, -0.2) is 87.4 Å². The first kappa shape index (κ1) is 37.3. The Kier molecular flexibility index (Phi) is 13.6. The van der Waals surface area contributed by atoms with Crippen molar-refractivity contribution in [1.82, 2.24) is 36.1 Å². The Bertz CT molecular complexity index is 1290. The summed E-state index contributed by atoms with van der Waals surface area (Å²) < 4.78 is 0. The van der Waals surface area contributed by atoms with Gasteiger partial charge in [-0.15, -0.1) is 6.58 Å². The van der Waals surface area contributed by atoms with Crippen LogP contribution >= 0.6 is 0 Å². The van der Waals surface area contributed by atoms with Crippen molar-refractivity contribution in [2.75, 3.05) is 13.1 Å². The van der Waals surface area contributed by atoms with Gasteiger partial charge in [-0.1, -0.05) is 66.4 Å². The van der Waals surface area contributed by atoms with Gasteiger partial charge in [0.15, 0.2) is 0 Å². The molecule has 4 N–H and O–H groups in total. The monoisotopic (exact) mass is 653 g/mol. The lowest BCUT2D eigenvalue weighted by atomic mass is 9.82. The van der Waals surface area contributed by atoms with E-state index in [1.54, 1.807) is 0 Å². The van der Waals surface area contributed by atoms with Crippen molar-refractivity contribution in [3.63, 3.8) is 0 Å². The zero-order valence-corrected chi connectivity index (χ0v) is 28.3. The number of amides is 5. The fraction of sp³-hybridized carbons (Fsp3) is 0.647. The van der Waals surface area contributed by atoms with Gasteiger partial charge in [-0.3, -0.25) is 33.8 Å². The van der Waals surface area contributed by atoms with E-state index in [-0.39, 0.29) is 37.0 Å². The van der Waals surface area contributed by atoms with Crippen molar-refractivity contribution >= 4 is 35.3 Å². The summed E-state index contributed by atoms with van der Waals surface area (Å²) >= 11 is 0. The maximum Gasteiger partial charge on any atom is 0.289 e. The van der Waals surface area contributed by atoms with Gasteiger partial charge in [0, 0.05) is 25.5 Å². The minimum atomic E-state index is -1.05. The lowest BCUT2D eigenvalue weighted by molar-refractivity contribution is -0.146. The number of Topliss-reactive ketones (excluding diaryl/α,β-unsaturated/α-hetero) is 1. The molecule has 0 bridgehead atoms. The normalized spacial score (nSPS) is 20.3. The van der Waals surface area contributed by atoms with E-state index in [0.29, 0.717) is 12.8 Å². The summed E-state index contributed by atoms with van der Waals surface area (Å²) in [5.41, 5.74) is -0.669. The maximum absolute atomic E-state index is 14.3. The summed E-state index contributed by atoms with van der Waals surface area (Å²) in [5, 5.41) is 11.0. The molecule has 1 saturated heterocycles. The van der Waals surface area contributed by atoms with E-state index in [9.17, 15) is 28.8 Å². The van der Waals surface area contributed by atoms with Crippen molar-refractivity contribution in [2.45, 2.75) is 110 Å². The highest BCUT2D eigenvalue weighted by Gasteiger charge is 2.46. The lowest BCUT2D eigenvalue weighted by Crippen LogP contribution is -2.62. The number of rotatable bonds is 14. The molecule has 1 saturated carbocycles. The van der Waals surface area contributed by atoms with Gasteiger partial charge >= 0.3 is 0 Å². The summed E-state index contributed by atoms with van der Waals surface area (Å²) in [6.07, 6.45) is 11.4. The van der Waals surface area contributed by atoms with E-state index in [4.69, 9.17) is 0 Å². The smallest absolute Gasteiger partial charge is 0.289 e. The Balaban J connectivity index is 1.83. The molecule has 0 spiro atoms. The number of ketones is 1. The van der Waals surface area contributed by atoms with Crippen molar-refractivity contribution < 1.29 is 28.8 Å². The number of aromatic nitrogens is 2. The van der Waals surface area contributed by atoms with Crippen LogP contribution in [0.15, 0.2) is 31.2 Å². The molecule has 13 nitrogen and oxygen atoms in total. The Hall–Kier alpha value is -4.16. The molecular formula is C34H51N7O6. The minimum absolute atomic E-state index is 0.0857. The topological polar surface area (TPSA) is 180 Å². The number of hydrogen-bond acceptors (Lipinski definition) is 8. The first-order chi connectivity index (χ1) is 22.3. The van der Waals surface area contributed by atoms with Gasteiger partial charge in [0.1, 0.15) is 23.8 Å². The summed E-state index contributed by atoms with van der Waals surface area (Å²) in [6, 6.07) is -3.87. The number of carbonyl (C=O) groups is 6. The van der Waals surface area contributed by atoms with Crippen LogP contribution in [-0.2, 0) is 24.0 Å². The first-order valence-corrected chi connectivity index (χ1v) is 16.7. The third-order valence-corrected chi connectivity index (χ3v) is 8.98. The average Bonchev–Trinajstić information content (AvgIpc) is 3.45. The fourth-order valence-electron chi connectivity index (χ4n) is 6.36. The molecule has 1 unspecified atom stereocenters. The van der Waals surface area contributed by atoms with Gasteiger partial charge in [0.05, 0.1) is 12.2 Å². The highest BCUT2D eigenvalue weighted by molar-refractivity contribution is 6.38. The summed E-state index contributed by atoms with van der Waals surface area (Å²) in [6.45, 7) is 13.1. The molecule has 1 aromatic heterocycles. The third-order valence-electron chi connectivity index (χ3n) is 8.98. The number of nitrogens with zero attached hydrogens (tertiary/aromatic N) is 3. The maximum atomic E-state index is 14.3. The van der Waals surface area contributed by atoms with Crippen LogP contribution in [0.25, 0.3) is 0 Å². The van der Waals surface area contributed by atoms with Crippen LogP contribution in [0.3, 0.4) is 0 Å². The number of likely N-dealkylation sites (tertiary alicyclic amines) is 1. The van der Waals surface area contributed by atoms with Crippen molar-refractivity contribution in [3.05, 3.63) is 36.9 Å². The molecule has 1 aliphatic carbocycles. The zero-order chi connectivity index (χ0) is 34.7. The molecule has 5 atom stereocenters. The number of carbonyl (C=O) groups excluding carboxylic acids is 6. The van der Waals surface area contributed by atoms with E-state index in [0.717, 1.165) is 32.1 Å². The van der Waals surface area contributed by atoms with Gasteiger partial charge in [-0.25, -0.2) is 4.98 Å². The molecule has 47 heavy (non-hydrogen) atoms. The second-order valence-corrected chi connectivity index (χ2v) is 13.7. The fourth-order valence-corrected chi connectivity index (χ4v) is 6.36. The van der Waals surface area contributed by atoms with Gasteiger partial charge in [-0.2, -0.15) is 0 Å². The minimum Gasteiger partial charge on any atom is -0.346 e. The molecule has 2 aliphatic rings. The van der Waals surface area contributed by atoms with Gasteiger partial charge in [0.25, 0.3) is 11.8 Å². The molecular weight excluding hydrogens is 602 g/mol. The second-order valence-electron chi connectivity index (χ2n) is 13.7. The van der Waals surface area contributed by atoms with Crippen LogP contribution in [0.1, 0.15) is 96.5 Å². The Morgan fingerprint density at radius 1 is 1.02 bits per heavy atom. The van der Waals surface area contributed by atoms with E-state index in [1.807, 2.05) is 34.6 Å². The molecule has 0 aromatic carbocycles. The molecule has 3 rings (SSSR count). The van der Waals surface area contributed by atoms with E-state index >= 15 is 0 Å². The Labute approximate surface area is 277 Å². The molecule has 258 valence electrons. The van der Waals surface area contributed by atoms with Crippen LogP contribution in [0.2, 0.25) is 0 Å². The van der Waals surface area contributed by atoms with Gasteiger partial charge in [0.2, 0.25) is 23.5 Å². The standard InChI is InChI=1S/C34H51N7O6/c1-7-12-23(27(42)32(46)37-16-8-2)38-31(45)26-21(3)15-19-41(26)33(47)28(34(4,5)6)40-30(44)25(22-13-10-9-11-14-22)39-29(43)24-20-35-17-18-36-24/h8,17-18,20-23,25-26,28H,2,7,9-16,19H2,1,3-6H3,(H,37,46)(H,38,45)(H,39,43)(H,40,44)/t21-,23?,25-,26-,28+/m0/s1. The summed E-state index contributed by atoms with van der Waals surface area (Å²) in [7, 11) is 0. The van der Waals surface area contributed by atoms with Crippen LogP contribution in [0.4, 0.5) is 0 Å². The van der Waals surface area contributed by atoms with E-state index in [2.05, 4.69) is 37.8 Å². The van der Waals surface area contributed by atoms with Crippen molar-refractivity contribution in [3.8, 4) is 0 Å². The van der Waals surface area contributed by atoms with Crippen molar-refractivity contribution in [2.24, 2.45) is 17.3 Å². The highest BCUT2D eigenvalue weighted by Crippen LogP contribution is 2.31. The molecule has 13 heteroatoms. The molecule has 0 radical (unpaired) electrons. The largest absolute Gasteiger partial charge is 0.346 e. The number of nitrogens with one attached hydrogen (secondary N) is 4. The molecule has 2 heterocycles. The summed E-state index contributed by atoms with van der Waals surface area (Å²) in [4.78, 5) is 89.8.